The Morgan fingerprint density at radius 1 is 1.07 bits per heavy atom. The number of nitriles is 1. The fourth-order valence-electron chi connectivity index (χ4n) is 2.85. The number of hydrogen-bond acceptors (Lipinski definition) is 5. The van der Waals surface area contributed by atoms with Crippen LogP contribution >= 0.6 is 11.9 Å². The molecule has 3 N–H and O–H groups in total. The molecule has 2 rings (SSSR count). The number of unbranched alkanes of at least 4 members (excludes halogenated alkanes) is 2. The van der Waals surface area contributed by atoms with Crippen LogP contribution in [0.3, 0.4) is 0 Å². The summed E-state index contributed by atoms with van der Waals surface area (Å²) in [5, 5.41) is 16.3. The molecule has 27 heavy (non-hydrogen) atoms. The number of nitrogens with one attached hydrogen (secondary N) is 3. The quantitative estimate of drug-likeness (QED) is 0.216. The Kier molecular flexibility index (Phi) is 9.19. The number of hydrazine groups is 1. The van der Waals surface area contributed by atoms with E-state index in [2.05, 4.69) is 58.8 Å². The standard InChI is InChI=1S/C22H26N4S/c1-27-26-25-22(16-21(24)17-23)14-7-2-4-9-18-10-8-13-20(15-18)19-11-5-3-6-12-19/h3,5-6,8,10-13,15-16,24-26H,2,4,7,9,14H2,1H3/b22-16-,24-21?. The summed E-state index contributed by atoms with van der Waals surface area (Å²) in [6, 6.07) is 21.1. The van der Waals surface area contributed by atoms with E-state index in [1.54, 1.807) is 6.08 Å². The van der Waals surface area contributed by atoms with E-state index in [-0.39, 0.29) is 5.71 Å². The van der Waals surface area contributed by atoms with Crippen LogP contribution < -0.4 is 10.3 Å². The van der Waals surface area contributed by atoms with Crippen LogP contribution in [0.2, 0.25) is 0 Å². The number of aryl methyl sites for hydroxylation is 1. The summed E-state index contributed by atoms with van der Waals surface area (Å²) in [6.45, 7) is 0. The van der Waals surface area contributed by atoms with Gasteiger partial charge >= 0.3 is 0 Å². The number of allylic oxidation sites excluding steroid dienone is 2. The molecule has 0 heterocycles. The van der Waals surface area contributed by atoms with Crippen molar-refractivity contribution < 1.29 is 0 Å². The third-order valence-electron chi connectivity index (χ3n) is 4.20. The van der Waals surface area contributed by atoms with Crippen LogP contribution in [0.4, 0.5) is 0 Å². The maximum absolute atomic E-state index is 8.78. The van der Waals surface area contributed by atoms with Gasteiger partial charge in [-0.1, -0.05) is 73.0 Å². The van der Waals surface area contributed by atoms with Crippen molar-refractivity contribution in [2.75, 3.05) is 6.26 Å². The minimum Gasteiger partial charge on any atom is -0.316 e. The first-order valence-corrected chi connectivity index (χ1v) is 10.3. The summed E-state index contributed by atoms with van der Waals surface area (Å²) in [5.74, 6) is 0. The van der Waals surface area contributed by atoms with Gasteiger partial charge in [-0.2, -0.15) is 10.1 Å². The van der Waals surface area contributed by atoms with Gasteiger partial charge in [0.2, 0.25) is 0 Å². The lowest BCUT2D eigenvalue weighted by Gasteiger charge is -2.10. The van der Waals surface area contributed by atoms with E-state index in [9.17, 15) is 0 Å². The Balaban J connectivity index is 1.80. The van der Waals surface area contributed by atoms with Crippen LogP contribution in [0.5, 0.6) is 0 Å². The van der Waals surface area contributed by atoms with Gasteiger partial charge in [0, 0.05) is 5.70 Å². The lowest BCUT2D eigenvalue weighted by Crippen LogP contribution is -2.25. The van der Waals surface area contributed by atoms with E-state index in [1.807, 2.05) is 18.4 Å². The van der Waals surface area contributed by atoms with E-state index >= 15 is 0 Å². The van der Waals surface area contributed by atoms with E-state index in [0.717, 1.165) is 37.8 Å². The lowest BCUT2D eigenvalue weighted by atomic mass is 10.00. The highest BCUT2D eigenvalue weighted by Crippen LogP contribution is 2.21. The van der Waals surface area contributed by atoms with Crippen LogP contribution in [0.1, 0.15) is 31.2 Å². The Morgan fingerprint density at radius 2 is 1.85 bits per heavy atom. The Hall–Kier alpha value is -2.55. The van der Waals surface area contributed by atoms with Gasteiger partial charge < -0.3 is 5.43 Å². The fourth-order valence-corrected chi connectivity index (χ4v) is 3.09. The highest BCUT2D eigenvalue weighted by Gasteiger charge is 2.02. The van der Waals surface area contributed by atoms with Crippen molar-refractivity contribution in [3.8, 4) is 17.2 Å². The lowest BCUT2D eigenvalue weighted by molar-refractivity contribution is 0.642. The second kappa shape index (κ2) is 11.9. The summed E-state index contributed by atoms with van der Waals surface area (Å²) in [6.07, 6.45) is 8.64. The van der Waals surface area contributed by atoms with Crippen molar-refractivity contribution >= 4 is 17.7 Å². The molecule has 5 heteroatoms. The van der Waals surface area contributed by atoms with Crippen molar-refractivity contribution in [2.24, 2.45) is 0 Å². The Morgan fingerprint density at radius 3 is 2.59 bits per heavy atom. The monoisotopic (exact) mass is 378 g/mol. The second-order valence-electron chi connectivity index (χ2n) is 6.25. The van der Waals surface area contributed by atoms with Crippen molar-refractivity contribution in [3.63, 3.8) is 0 Å². The molecular formula is C22H26N4S. The molecule has 0 unspecified atom stereocenters. The molecule has 0 atom stereocenters. The number of rotatable bonds is 11. The average molecular weight is 379 g/mol. The van der Waals surface area contributed by atoms with Gasteiger partial charge in [0.15, 0.2) is 0 Å². The third kappa shape index (κ3) is 7.69. The van der Waals surface area contributed by atoms with E-state index in [0.29, 0.717) is 0 Å². The number of benzene rings is 2. The summed E-state index contributed by atoms with van der Waals surface area (Å²) in [7, 11) is 0. The van der Waals surface area contributed by atoms with Crippen molar-refractivity contribution in [1.82, 2.24) is 10.3 Å². The minimum atomic E-state index is -0.0295. The number of hydrogen-bond donors (Lipinski definition) is 3. The van der Waals surface area contributed by atoms with E-state index in [4.69, 9.17) is 10.7 Å². The maximum Gasteiger partial charge on any atom is 0.133 e. The van der Waals surface area contributed by atoms with E-state index in [1.165, 1.54) is 28.6 Å². The van der Waals surface area contributed by atoms with Crippen molar-refractivity contribution in [1.29, 1.82) is 10.7 Å². The van der Waals surface area contributed by atoms with Crippen molar-refractivity contribution in [2.45, 2.75) is 32.1 Å². The SMILES string of the molecule is CSNN/C(=C\C(=N)C#N)CCCCCc1cccc(-c2ccccc2)c1. The predicted octanol–water partition coefficient (Wildman–Crippen LogP) is 5.26. The molecule has 2 aromatic carbocycles. The molecule has 0 radical (unpaired) electrons. The molecule has 0 aromatic heterocycles. The minimum absolute atomic E-state index is 0.0295. The molecule has 0 aliphatic heterocycles. The predicted molar refractivity (Wildman–Crippen MR) is 115 cm³/mol. The molecule has 0 aliphatic rings. The molecule has 0 saturated heterocycles. The Bertz CT molecular complexity index is 793. The van der Waals surface area contributed by atoms with Gasteiger partial charge in [-0.25, -0.2) is 0 Å². The van der Waals surface area contributed by atoms with Gasteiger partial charge in [0.05, 0.1) is 0 Å². The molecular weight excluding hydrogens is 352 g/mol. The van der Waals surface area contributed by atoms with Gasteiger partial charge in [0.25, 0.3) is 0 Å². The molecule has 0 spiro atoms. The zero-order valence-corrected chi connectivity index (χ0v) is 16.5. The van der Waals surface area contributed by atoms with Gasteiger partial charge in [-0.3, -0.25) is 5.41 Å². The summed E-state index contributed by atoms with van der Waals surface area (Å²) in [4.78, 5) is 2.96. The molecule has 0 fully saturated rings. The van der Waals surface area contributed by atoms with Crippen LogP contribution in [0.25, 0.3) is 11.1 Å². The second-order valence-corrected chi connectivity index (χ2v) is 6.87. The van der Waals surface area contributed by atoms with Crippen LogP contribution in [0, 0.1) is 16.7 Å². The normalized spacial score (nSPS) is 11.0. The highest BCUT2D eigenvalue weighted by atomic mass is 32.2. The van der Waals surface area contributed by atoms with Gasteiger partial charge in [-0.15, -0.1) is 0 Å². The average Bonchev–Trinajstić information content (AvgIpc) is 2.72. The molecule has 2 aromatic rings. The van der Waals surface area contributed by atoms with Crippen LogP contribution in [-0.2, 0) is 6.42 Å². The summed E-state index contributed by atoms with van der Waals surface area (Å²) >= 11 is 1.45. The number of nitrogens with zero attached hydrogens (tertiary/aromatic N) is 1. The first-order valence-electron chi connectivity index (χ1n) is 9.10. The molecule has 0 bridgehead atoms. The molecule has 0 aliphatic carbocycles. The summed E-state index contributed by atoms with van der Waals surface area (Å²) < 4.78 is 0. The van der Waals surface area contributed by atoms with Crippen LogP contribution in [-0.4, -0.2) is 12.0 Å². The first kappa shape index (κ1) is 20.8. The zero-order chi connectivity index (χ0) is 19.3. The summed E-state index contributed by atoms with van der Waals surface area (Å²) in [5.41, 5.74) is 7.78. The molecule has 0 saturated carbocycles. The van der Waals surface area contributed by atoms with Gasteiger partial charge in [0.1, 0.15) is 11.8 Å². The van der Waals surface area contributed by atoms with Crippen LogP contribution in [0.15, 0.2) is 66.4 Å². The molecule has 0 amide bonds. The topological polar surface area (TPSA) is 71.7 Å². The largest absolute Gasteiger partial charge is 0.316 e. The van der Waals surface area contributed by atoms with E-state index < -0.39 is 0 Å². The smallest absolute Gasteiger partial charge is 0.133 e. The molecule has 140 valence electrons. The zero-order valence-electron chi connectivity index (χ0n) is 15.7. The first-order chi connectivity index (χ1) is 13.2. The van der Waals surface area contributed by atoms with Crippen molar-refractivity contribution in [3.05, 3.63) is 71.9 Å². The third-order valence-corrected chi connectivity index (χ3v) is 4.50. The maximum atomic E-state index is 8.78. The fraction of sp³-hybridized carbons (Fsp3) is 0.273. The highest BCUT2D eigenvalue weighted by molar-refractivity contribution is 7.96. The molecule has 4 nitrogen and oxygen atoms in total. The Labute approximate surface area is 166 Å². The van der Waals surface area contributed by atoms with Gasteiger partial charge in [-0.05, 0) is 54.7 Å².